The second kappa shape index (κ2) is 5.25. The molecule has 2 aromatic heterocycles. The summed E-state index contributed by atoms with van der Waals surface area (Å²) in [5.41, 5.74) is 3.67. The van der Waals surface area contributed by atoms with Crippen molar-refractivity contribution in [2.75, 3.05) is 20.1 Å². The molecule has 3 rings (SSSR count). The summed E-state index contributed by atoms with van der Waals surface area (Å²) in [7, 11) is 4.21. The second-order valence-electron chi connectivity index (χ2n) is 6.75. The van der Waals surface area contributed by atoms with E-state index in [4.69, 9.17) is 12.2 Å². The maximum Gasteiger partial charge on any atom is 0.179 e. The maximum absolute atomic E-state index is 5.57. The summed E-state index contributed by atoms with van der Waals surface area (Å²) in [5, 5.41) is 4.61. The number of likely N-dealkylation sites (tertiary alicyclic amines) is 1. The van der Waals surface area contributed by atoms with Crippen LogP contribution in [0.4, 0.5) is 0 Å². The highest BCUT2D eigenvalue weighted by Gasteiger charge is 2.30. The van der Waals surface area contributed by atoms with Crippen LogP contribution in [0.1, 0.15) is 32.4 Å². The minimum absolute atomic E-state index is 0.316. The number of aryl methyl sites for hydroxylation is 2. The number of nitrogens with zero attached hydrogens (tertiary/aromatic N) is 4. The van der Waals surface area contributed by atoms with Crippen molar-refractivity contribution in [2.24, 2.45) is 12.5 Å². The number of hydrogen-bond donors (Lipinski definition) is 1. The first-order chi connectivity index (χ1) is 9.93. The van der Waals surface area contributed by atoms with E-state index in [0.717, 1.165) is 34.6 Å². The Balaban J connectivity index is 1.99. The molecule has 116 valence electrons. The average Bonchev–Trinajstić information content (AvgIpc) is 2.92. The van der Waals surface area contributed by atoms with Crippen LogP contribution in [0, 0.1) is 10.2 Å². The highest BCUT2D eigenvalue weighted by atomic mass is 32.1. The fourth-order valence-corrected chi connectivity index (χ4v) is 3.62. The number of piperidine rings is 1. The van der Waals surface area contributed by atoms with Gasteiger partial charge in [-0.3, -0.25) is 4.68 Å². The zero-order valence-corrected chi connectivity index (χ0v) is 14.3. The van der Waals surface area contributed by atoms with Gasteiger partial charge in [-0.1, -0.05) is 13.8 Å². The normalized spacial score (nSPS) is 19.4. The molecule has 2 aromatic rings. The van der Waals surface area contributed by atoms with Crippen LogP contribution < -0.4 is 0 Å². The van der Waals surface area contributed by atoms with Crippen molar-refractivity contribution in [2.45, 2.75) is 39.7 Å². The molecule has 0 bridgehead atoms. The van der Waals surface area contributed by atoms with Crippen molar-refractivity contribution in [3.63, 3.8) is 0 Å². The van der Waals surface area contributed by atoms with Gasteiger partial charge in [-0.15, -0.1) is 0 Å². The lowest BCUT2D eigenvalue weighted by molar-refractivity contribution is 0.121. The Bertz CT molecular complexity index is 700. The first kappa shape index (κ1) is 14.8. The smallest absolute Gasteiger partial charge is 0.179 e. The van der Waals surface area contributed by atoms with Crippen LogP contribution in [0.25, 0.3) is 11.2 Å². The maximum atomic E-state index is 5.57. The minimum Gasteiger partial charge on any atom is -0.328 e. The van der Waals surface area contributed by atoms with Crippen molar-refractivity contribution < 1.29 is 0 Å². The number of imidazole rings is 1. The molecular formula is C15H25N5S. The van der Waals surface area contributed by atoms with E-state index in [2.05, 4.69) is 40.4 Å². The molecule has 0 unspecified atom stereocenters. The van der Waals surface area contributed by atoms with Crippen LogP contribution in [0.15, 0.2) is 0 Å². The Hall–Kier alpha value is -1.14. The quantitative estimate of drug-likeness (QED) is 0.887. The summed E-state index contributed by atoms with van der Waals surface area (Å²) in [6.07, 6.45) is 3.36. The Morgan fingerprint density at radius 2 is 1.95 bits per heavy atom. The Morgan fingerprint density at radius 3 is 2.57 bits per heavy atom. The van der Waals surface area contributed by atoms with Gasteiger partial charge in [0.25, 0.3) is 0 Å². The molecule has 0 atom stereocenters. The lowest BCUT2D eigenvalue weighted by Crippen LogP contribution is -2.38. The van der Waals surface area contributed by atoms with E-state index in [1.807, 2.05) is 11.7 Å². The van der Waals surface area contributed by atoms with Crippen LogP contribution in [-0.4, -0.2) is 44.4 Å². The number of H-pyrrole nitrogens is 1. The SMILES string of the molecule is CCc1nn(C)c2c1[nH]c(=S)n2CC1(C)CCN(C)CC1. The third-order valence-corrected chi connectivity index (χ3v) is 5.21. The zero-order valence-electron chi connectivity index (χ0n) is 13.4. The number of hydrogen-bond acceptors (Lipinski definition) is 3. The molecule has 1 fully saturated rings. The van der Waals surface area contributed by atoms with Crippen LogP contribution in [0.5, 0.6) is 0 Å². The van der Waals surface area contributed by atoms with Crippen LogP contribution in [0.3, 0.4) is 0 Å². The van der Waals surface area contributed by atoms with E-state index in [1.165, 1.54) is 25.9 Å². The zero-order chi connectivity index (χ0) is 15.2. The molecule has 0 amide bonds. The summed E-state index contributed by atoms with van der Waals surface area (Å²) in [6, 6.07) is 0. The molecule has 1 aliphatic heterocycles. The monoisotopic (exact) mass is 307 g/mol. The van der Waals surface area contributed by atoms with E-state index in [9.17, 15) is 0 Å². The van der Waals surface area contributed by atoms with Crippen LogP contribution in [0.2, 0.25) is 0 Å². The van der Waals surface area contributed by atoms with Crippen molar-refractivity contribution in [3.8, 4) is 0 Å². The highest BCUT2D eigenvalue weighted by Crippen LogP contribution is 2.33. The molecule has 1 N–H and O–H groups in total. The molecule has 3 heterocycles. The standard InChI is InChI=1S/C15H25N5S/c1-5-11-12-13(19(4)17-11)20(14(21)16-12)10-15(2)6-8-18(3)9-7-15/h5-10H2,1-4H3,(H,16,21). The number of rotatable bonds is 3. The lowest BCUT2D eigenvalue weighted by Gasteiger charge is -2.38. The Kier molecular flexibility index (Phi) is 3.69. The van der Waals surface area contributed by atoms with Gasteiger partial charge in [0, 0.05) is 13.6 Å². The van der Waals surface area contributed by atoms with Gasteiger partial charge in [-0.2, -0.15) is 5.10 Å². The van der Waals surface area contributed by atoms with Crippen LogP contribution in [-0.2, 0) is 20.0 Å². The van der Waals surface area contributed by atoms with E-state index < -0.39 is 0 Å². The second-order valence-corrected chi connectivity index (χ2v) is 7.14. The summed E-state index contributed by atoms with van der Waals surface area (Å²) >= 11 is 5.57. The lowest BCUT2D eigenvalue weighted by atomic mass is 9.80. The molecule has 0 radical (unpaired) electrons. The fraction of sp³-hybridized carbons (Fsp3) is 0.733. The van der Waals surface area contributed by atoms with Gasteiger partial charge in [0.15, 0.2) is 10.4 Å². The summed E-state index contributed by atoms with van der Waals surface area (Å²) in [6.45, 7) is 7.83. The first-order valence-electron chi connectivity index (χ1n) is 7.76. The highest BCUT2D eigenvalue weighted by molar-refractivity contribution is 7.71. The summed E-state index contributed by atoms with van der Waals surface area (Å²) in [5.74, 6) is 0. The molecule has 1 saturated heterocycles. The Labute approximate surface area is 130 Å². The minimum atomic E-state index is 0.316. The van der Waals surface area contributed by atoms with Gasteiger partial charge in [-0.25, -0.2) is 0 Å². The molecule has 0 spiro atoms. The van der Waals surface area contributed by atoms with E-state index in [1.54, 1.807) is 0 Å². The molecule has 6 heteroatoms. The van der Waals surface area contributed by atoms with Gasteiger partial charge in [0.1, 0.15) is 5.52 Å². The molecule has 0 aromatic carbocycles. The molecule has 0 aliphatic carbocycles. The van der Waals surface area contributed by atoms with Gasteiger partial charge >= 0.3 is 0 Å². The van der Waals surface area contributed by atoms with Crippen molar-refractivity contribution in [3.05, 3.63) is 10.5 Å². The van der Waals surface area contributed by atoms with Gasteiger partial charge < -0.3 is 14.5 Å². The van der Waals surface area contributed by atoms with Gasteiger partial charge in [-0.05, 0) is 57.0 Å². The van der Waals surface area contributed by atoms with E-state index >= 15 is 0 Å². The third-order valence-electron chi connectivity index (χ3n) is 4.89. The summed E-state index contributed by atoms with van der Waals surface area (Å²) < 4.78 is 5.05. The number of nitrogens with one attached hydrogen (secondary N) is 1. The van der Waals surface area contributed by atoms with E-state index in [0.29, 0.717) is 5.41 Å². The van der Waals surface area contributed by atoms with Crippen molar-refractivity contribution in [1.29, 1.82) is 0 Å². The average molecular weight is 307 g/mol. The first-order valence-corrected chi connectivity index (χ1v) is 8.17. The molecule has 5 nitrogen and oxygen atoms in total. The topological polar surface area (TPSA) is 41.8 Å². The fourth-order valence-electron chi connectivity index (χ4n) is 3.37. The predicted octanol–water partition coefficient (Wildman–Crippen LogP) is 2.73. The van der Waals surface area contributed by atoms with Crippen molar-refractivity contribution in [1.82, 2.24) is 24.2 Å². The Morgan fingerprint density at radius 1 is 1.29 bits per heavy atom. The van der Waals surface area contributed by atoms with E-state index in [-0.39, 0.29) is 0 Å². The number of aromatic nitrogens is 4. The predicted molar refractivity (Wildman–Crippen MR) is 88.1 cm³/mol. The molecule has 0 saturated carbocycles. The number of aromatic amines is 1. The van der Waals surface area contributed by atoms with Gasteiger partial charge in [0.05, 0.1) is 5.69 Å². The van der Waals surface area contributed by atoms with Gasteiger partial charge in [0.2, 0.25) is 0 Å². The summed E-state index contributed by atoms with van der Waals surface area (Å²) in [4.78, 5) is 5.78. The molecule has 1 aliphatic rings. The van der Waals surface area contributed by atoms with Crippen LogP contribution >= 0.6 is 12.2 Å². The third kappa shape index (κ3) is 2.55. The largest absolute Gasteiger partial charge is 0.328 e. The molecule has 21 heavy (non-hydrogen) atoms. The van der Waals surface area contributed by atoms with Crippen molar-refractivity contribution >= 4 is 23.4 Å². The molecular weight excluding hydrogens is 282 g/mol. The number of fused-ring (bicyclic) bond motifs is 1.